The predicted octanol–water partition coefficient (Wildman–Crippen LogP) is 3.97. The van der Waals surface area contributed by atoms with Gasteiger partial charge < -0.3 is 0 Å². The lowest BCUT2D eigenvalue weighted by Crippen LogP contribution is -1.87. The van der Waals surface area contributed by atoms with Gasteiger partial charge >= 0.3 is 6.08 Å². The summed E-state index contributed by atoms with van der Waals surface area (Å²) < 4.78 is 59.0. The van der Waals surface area contributed by atoms with Gasteiger partial charge in [0.15, 0.2) is 0 Å². The highest BCUT2D eigenvalue weighted by molar-refractivity contribution is 6.29. The maximum atomic E-state index is 12.1. The second-order valence-corrected chi connectivity index (χ2v) is 1.95. The standard InChI is InChI=1S/C6H2ClF5/c1-2(8)3(5(7)10)4(9)6(11)12/h1H2/b5-3-. The minimum atomic E-state index is -2.86. The molecule has 0 aliphatic carbocycles. The van der Waals surface area contributed by atoms with Crippen molar-refractivity contribution < 1.29 is 22.0 Å². The molecule has 0 saturated heterocycles. The maximum Gasteiger partial charge on any atom is 0.306 e. The summed E-state index contributed by atoms with van der Waals surface area (Å²) in [6.45, 7) is 2.42. The zero-order chi connectivity index (χ0) is 9.89. The lowest BCUT2D eigenvalue weighted by atomic mass is 10.2. The minimum absolute atomic E-state index is 1.66. The zero-order valence-corrected chi connectivity index (χ0v) is 6.23. The van der Waals surface area contributed by atoms with Gasteiger partial charge in [-0.1, -0.05) is 18.2 Å². The molecule has 0 bridgehead atoms. The third-order valence-corrected chi connectivity index (χ3v) is 1.03. The molecule has 0 spiro atoms. The first kappa shape index (κ1) is 11.2. The molecule has 0 aromatic heterocycles. The highest BCUT2D eigenvalue weighted by atomic mass is 35.5. The molecule has 12 heavy (non-hydrogen) atoms. The van der Waals surface area contributed by atoms with Crippen molar-refractivity contribution in [3.8, 4) is 0 Å². The predicted molar refractivity (Wildman–Crippen MR) is 34.6 cm³/mol. The van der Waals surface area contributed by atoms with Crippen LogP contribution in [0.15, 0.2) is 35.2 Å². The number of hydrogen-bond donors (Lipinski definition) is 0. The number of allylic oxidation sites excluding steroid dienone is 3. The van der Waals surface area contributed by atoms with E-state index in [1.165, 1.54) is 0 Å². The van der Waals surface area contributed by atoms with Crippen molar-refractivity contribution in [2.24, 2.45) is 0 Å². The van der Waals surface area contributed by atoms with Gasteiger partial charge in [0.2, 0.25) is 11.1 Å². The second kappa shape index (κ2) is 4.25. The highest BCUT2D eigenvalue weighted by Crippen LogP contribution is 2.30. The summed E-state index contributed by atoms with van der Waals surface area (Å²) in [5.74, 6) is -4.05. The average Bonchev–Trinajstić information content (AvgIpc) is 1.85. The molecule has 0 aliphatic heterocycles. The molecule has 0 fully saturated rings. The Morgan fingerprint density at radius 1 is 1.00 bits per heavy atom. The van der Waals surface area contributed by atoms with Gasteiger partial charge in [0.1, 0.15) is 5.83 Å². The van der Waals surface area contributed by atoms with Gasteiger partial charge in [-0.15, -0.1) is 0 Å². The Bertz CT molecular complexity index is 257. The van der Waals surface area contributed by atoms with E-state index in [4.69, 9.17) is 0 Å². The molecular formula is C6H2ClF5. The highest BCUT2D eigenvalue weighted by Gasteiger charge is 2.19. The molecule has 6 heteroatoms. The molecule has 0 nitrogen and oxygen atoms in total. The topological polar surface area (TPSA) is 0 Å². The van der Waals surface area contributed by atoms with E-state index >= 15 is 0 Å². The Labute approximate surface area is 69.6 Å². The molecule has 0 atom stereocenters. The normalized spacial score (nSPS) is 12.2. The van der Waals surface area contributed by atoms with Crippen molar-refractivity contribution >= 4 is 11.6 Å². The molecule has 0 radical (unpaired) electrons. The van der Waals surface area contributed by atoms with Crippen LogP contribution in [0.5, 0.6) is 0 Å². The SMILES string of the molecule is C=C(F)/C(C(F)=C(F)F)=C(/F)Cl. The van der Waals surface area contributed by atoms with Crippen LogP contribution in [0, 0.1) is 0 Å². The van der Waals surface area contributed by atoms with E-state index in [-0.39, 0.29) is 0 Å². The molecule has 68 valence electrons. The molecule has 0 aliphatic rings. The lowest BCUT2D eigenvalue weighted by Gasteiger charge is -1.98. The van der Waals surface area contributed by atoms with E-state index in [0.717, 1.165) is 0 Å². The molecule has 0 heterocycles. The fourth-order valence-electron chi connectivity index (χ4n) is 0.399. The fourth-order valence-corrected chi connectivity index (χ4v) is 0.585. The second-order valence-electron chi connectivity index (χ2n) is 1.61. The molecule has 0 saturated carbocycles. The molecule has 0 unspecified atom stereocenters. The molecule has 0 aromatic carbocycles. The quantitative estimate of drug-likeness (QED) is 0.472. The summed E-state index contributed by atoms with van der Waals surface area (Å²) in [6.07, 6.45) is -2.86. The van der Waals surface area contributed by atoms with Crippen LogP contribution >= 0.6 is 11.6 Å². The van der Waals surface area contributed by atoms with Crippen LogP contribution in [-0.4, -0.2) is 0 Å². The molecular weight excluding hydrogens is 203 g/mol. The Morgan fingerprint density at radius 2 is 1.42 bits per heavy atom. The summed E-state index contributed by atoms with van der Waals surface area (Å²) in [6, 6.07) is 0. The van der Waals surface area contributed by atoms with Gasteiger partial charge in [0.25, 0.3) is 0 Å². The van der Waals surface area contributed by atoms with Crippen LogP contribution in [0.25, 0.3) is 0 Å². The zero-order valence-electron chi connectivity index (χ0n) is 5.47. The molecule has 0 amide bonds. The van der Waals surface area contributed by atoms with Gasteiger partial charge in [0, 0.05) is 0 Å². The lowest BCUT2D eigenvalue weighted by molar-refractivity contribution is 0.381. The van der Waals surface area contributed by atoms with Crippen molar-refractivity contribution in [2.45, 2.75) is 0 Å². The van der Waals surface area contributed by atoms with Crippen LogP contribution < -0.4 is 0 Å². The van der Waals surface area contributed by atoms with Crippen LogP contribution in [0.4, 0.5) is 22.0 Å². The Balaban J connectivity index is 5.21. The van der Waals surface area contributed by atoms with Crippen LogP contribution in [0.1, 0.15) is 0 Å². The minimum Gasteiger partial charge on any atom is -0.207 e. The smallest absolute Gasteiger partial charge is 0.207 e. The van der Waals surface area contributed by atoms with Crippen molar-refractivity contribution in [1.29, 1.82) is 0 Å². The van der Waals surface area contributed by atoms with E-state index in [9.17, 15) is 22.0 Å². The van der Waals surface area contributed by atoms with Crippen LogP contribution in [0.2, 0.25) is 0 Å². The monoisotopic (exact) mass is 204 g/mol. The van der Waals surface area contributed by atoms with E-state index in [1.54, 1.807) is 0 Å². The molecule has 0 aromatic rings. The van der Waals surface area contributed by atoms with Crippen LogP contribution in [0.3, 0.4) is 0 Å². The van der Waals surface area contributed by atoms with Gasteiger partial charge in [-0.2, -0.15) is 13.2 Å². The van der Waals surface area contributed by atoms with E-state index in [0.29, 0.717) is 0 Å². The fraction of sp³-hybridized carbons (Fsp3) is 0. The van der Waals surface area contributed by atoms with E-state index < -0.39 is 28.6 Å². The van der Waals surface area contributed by atoms with Gasteiger partial charge in [-0.25, -0.2) is 8.78 Å². The van der Waals surface area contributed by atoms with Crippen molar-refractivity contribution in [3.63, 3.8) is 0 Å². The maximum absolute atomic E-state index is 12.1. The first-order valence-electron chi connectivity index (χ1n) is 2.49. The summed E-state index contributed by atoms with van der Waals surface area (Å²) in [7, 11) is 0. The number of hydrogen-bond acceptors (Lipinski definition) is 0. The van der Waals surface area contributed by atoms with Gasteiger partial charge in [-0.3, -0.25) is 0 Å². The number of halogens is 6. The van der Waals surface area contributed by atoms with Crippen molar-refractivity contribution in [2.75, 3.05) is 0 Å². The van der Waals surface area contributed by atoms with Gasteiger partial charge in [-0.05, 0) is 0 Å². The third-order valence-electron chi connectivity index (χ3n) is 0.846. The Kier molecular flexibility index (Phi) is 3.95. The van der Waals surface area contributed by atoms with Gasteiger partial charge in [0.05, 0.1) is 5.57 Å². The Morgan fingerprint density at radius 3 is 1.50 bits per heavy atom. The Hall–Kier alpha value is -0.840. The summed E-state index contributed by atoms with van der Waals surface area (Å²) >= 11 is 4.48. The molecule has 0 N–H and O–H groups in total. The number of rotatable bonds is 2. The van der Waals surface area contributed by atoms with E-state index in [1.807, 2.05) is 0 Å². The first-order valence-corrected chi connectivity index (χ1v) is 2.87. The first-order chi connectivity index (χ1) is 5.37. The molecule has 0 rings (SSSR count). The summed E-state index contributed by atoms with van der Waals surface area (Å²) in [4.78, 5) is 0. The summed E-state index contributed by atoms with van der Waals surface area (Å²) in [5.41, 5.74) is -1.66. The summed E-state index contributed by atoms with van der Waals surface area (Å²) in [5, 5.41) is -1.91. The van der Waals surface area contributed by atoms with E-state index in [2.05, 4.69) is 18.2 Å². The van der Waals surface area contributed by atoms with Crippen LogP contribution in [-0.2, 0) is 0 Å². The largest absolute Gasteiger partial charge is 0.306 e. The van der Waals surface area contributed by atoms with Crippen molar-refractivity contribution in [3.05, 3.63) is 35.2 Å². The van der Waals surface area contributed by atoms with Crippen molar-refractivity contribution in [1.82, 2.24) is 0 Å². The third kappa shape index (κ3) is 2.65. The average molecular weight is 205 g/mol.